The molecule has 0 saturated heterocycles. The van der Waals surface area contributed by atoms with E-state index in [0.717, 1.165) is 4.47 Å². The van der Waals surface area contributed by atoms with Crippen molar-refractivity contribution in [3.8, 4) is 0 Å². The average molecular weight is 353 g/mol. The number of hydrogen-bond acceptors (Lipinski definition) is 2. The normalized spacial score (nSPS) is 11.8. The highest BCUT2D eigenvalue weighted by Gasteiger charge is 2.10. The third kappa shape index (κ3) is 4.39. The number of ether oxygens (including phenoxy) is 1. The first-order chi connectivity index (χ1) is 7.29. The van der Waals surface area contributed by atoms with E-state index in [-0.39, 0.29) is 11.2 Å². The lowest BCUT2D eigenvalue weighted by Gasteiger charge is -2.19. The van der Waals surface area contributed by atoms with E-state index in [9.17, 15) is 4.79 Å². The molecule has 0 saturated carbocycles. The van der Waals surface area contributed by atoms with Crippen LogP contribution in [0.2, 0.25) is 0 Å². The highest BCUT2D eigenvalue weighted by atomic mass is 79.9. The summed E-state index contributed by atoms with van der Waals surface area (Å²) in [4.78, 5) is 11.7. The molecule has 1 aromatic rings. The summed E-state index contributed by atoms with van der Waals surface area (Å²) in [6.45, 7) is 7.05. The van der Waals surface area contributed by atoms with Crippen molar-refractivity contribution < 1.29 is 4.74 Å². The summed E-state index contributed by atoms with van der Waals surface area (Å²) in [7, 11) is 0. The number of rotatable bonds is 3. The van der Waals surface area contributed by atoms with Crippen LogP contribution in [0, 0.1) is 0 Å². The molecule has 0 aliphatic carbocycles. The molecular formula is C11H15Br2NO2. The molecule has 0 fully saturated rings. The second-order valence-corrected chi connectivity index (χ2v) is 6.24. The molecule has 1 heterocycles. The Morgan fingerprint density at radius 2 is 2.00 bits per heavy atom. The fourth-order valence-electron chi connectivity index (χ4n) is 1.18. The molecule has 0 spiro atoms. The van der Waals surface area contributed by atoms with Crippen LogP contribution in [0.15, 0.2) is 26.0 Å². The summed E-state index contributed by atoms with van der Waals surface area (Å²) in [6.07, 6.45) is 1.76. The van der Waals surface area contributed by atoms with Crippen molar-refractivity contribution in [2.45, 2.75) is 32.9 Å². The summed E-state index contributed by atoms with van der Waals surface area (Å²) in [5.41, 5.74) is -0.215. The first kappa shape index (κ1) is 13.9. The van der Waals surface area contributed by atoms with Gasteiger partial charge in [0.15, 0.2) is 0 Å². The van der Waals surface area contributed by atoms with E-state index in [2.05, 4.69) is 31.9 Å². The second-order valence-electron chi connectivity index (χ2n) is 4.47. The van der Waals surface area contributed by atoms with Crippen molar-refractivity contribution in [2.75, 3.05) is 6.61 Å². The Labute approximate surface area is 112 Å². The Bertz CT molecular complexity index is 421. The number of pyridine rings is 1. The third-order valence-corrected chi connectivity index (χ3v) is 2.88. The molecule has 0 radical (unpaired) electrons. The maximum atomic E-state index is 11.7. The Hall–Kier alpha value is -0.130. The molecule has 1 aromatic heterocycles. The Kier molecular flexibility index (Phi) is 4.76. The van der Waals surface area contributed by atoms with Gasteiger partial charge in [-0.1, -0.05) is 0 Å². The largest absolute Gasteiger partial charge is 0.374 e. The van der Waals surface area contributed by atoms with Crippen LogP contribution in [0.4, 0.5) is 0 Å². The fourth-order valence-corrected chi connectivity index (χ4v) is 2.44. The van der Waals surface area contributed by atoms with Crippen molar-refractivity contribution in [3.63, 3.8) is 0 Å². The van der Waals surface area contributed by atoms with Crippen LogP contribution in [-0.4, -0.2) is 16.8 Å². The molecule has 0 N–H and O–H groups in total. The van der Waals surface area contributed by atoms with Crippen molar-refractivity contribution in [1.29, 1.82) is 0 Å². The summed E-state index contributed by atoms with van der Waals surface area (Å²) >= 11 is 6.57. The predicted octanol–water partition coefficient (Wildman–Crippen LogP) is 3.19. The van der Waals surface area contributed by atoms with Gasteiger partial charge in [-0.2, -0.15) is 0 Å². The second kappa shape index (κ2) is 5.47. The van der Waals surface area contributed by atoms with Gasteiger partial charge in [0.1, 0.15) is 0 Å². The van der Waals surface area contributed by atoms with E-state index in [1.807, 2.05) is 20.8 Å². The minimum absolute atomic E-state index is 0.0410. The maximum absolute atomic E-state index is 11.7. The average Bonchev–Trinajstić information content (AvgIpc) is 2.11. The van der Waals surface area contributed by atoms with Gasteiger partial charge in [0.2, 0.25) is 0 Å². The van der Waals surface area contributed by atoms with Crippen LogP contribution in [0.25, 0.3) is 0 Å². The van der Waals surface area contributed by atoms with Crippen LogP contribution >= 0.6 is 31.9 Å². The molecule has 0 unspecified atom stereocenters. The van der Waals surface area contributed by atoms with Crippen molar-refractivity contribution >= 4 is 31.9 Å². The monoisotopic (exact) mass is 351 g/mol. The molecule has 0 atom stereocenters. The third-order valence-electron chi connectivity index (χ3n) is 1.88. The number of aromatic nitrogens is 1. The molecule has 1 rings (SSSR count). The van der Waals surface area contributed by atoms with Crippen molar-refractivity contribution in [2.24, 2.45) is 0 Å². The minimum atomic E-state index is -0.174. The van der Waals surface area contributed by atoms with Crippen LogP contribution in [0.3, 0.4) is 0 Å². The molecule has 0 aromatic carbocycles. The lowest BCUT2D eigenvalue weighted by atomic mass is 10.2. The van der Waals surface area contributed by atoms with Gasteiger partial charge in [-0.15, -0.1) is 0 Å². The predicted molar refractivity (Wildman–Crippen MR) is 71.8 cm³/mol. The first-order valence-electron chi connectivity index (χ1n) is 4.99. The van der Waals surface area contributed by atoms with Crippen LogP contribution in [0.1, 0.15) is 20.8 Å². The Morgan fingerprint density at radius 3 is 2.56 bits per heavy atom. The fraction of sp³-hybridized carbons (Fsp3) is 0.545. The van der Waals surface area contributed by atoms with Crippen LogP contribution < -0.4 is 5.56 Å². The van der Waals surface area contributed by atoms with Crippen LogP contribution in [0.5, 0.6) is 0 Å². The first-order valence-corrected chi connectivity index (χ1v) is 6.57. The lowest BCUT2D eigenvalue weighted by Crippen LogP contribution is -2.26. The molecule has 5 heteroatoms. The van der Waals surface area contributed by atoms with E-state index >= 15 is 0 Å². The maximum Gasteiger partial charge on any atom is 0.264 e. The Morgan fingerprint density at radius 1 is 1.38 bits per heavy atom. The van der Waals surface area contributed by atoms with Gasteiger partial charge in [-0.3, -0.25) is 4.79 Å². The molecule has 0 aliphatic heterocycles. The van der Waals surface area contributed by atoms with E-state index in [4.69, 9.17) is 4.74 Å². The number of nitrogens with zero attached hydrogens (tertiary/aromatic N) is 1. The van der Waals surface area contributed by atoms with Gasteiger partial charge in [0.25, 0.3) is 5.56 Å². The standard InChI is InChI=1S/C11H15Br2NO2/c1-11(2,3)16-5-4-14-7-8(12)6-9(13)10(14)15/h6-7H,4-5H2,1-3H3. The van der Waals surface area contributed by atoms with Gasteiger partial charge >= 0.3 is 0 Å². The number of halogens is 2. The van der Waals surface area contributed by atoms with E-state index < -0.39 is 0 Å². The van der Waals surface area contributed by atoms with Gasteiger partial charge in [-0.05, 0) is 58.7 Å². The van der Waals surface area contributed by atoms with E-state index in [1.165, 1.54) is 0 Å². The highest BCUT2D eigenvalue weighted by Crippen LogP contribution is 2.13. The van der Waals surface area contributed by atoms with Gasteiger partial charge in [-0.25, -0.2) is 0 Å². The van der Waals surface area contributed by atoms with E-state index in [1.54, 1.807) is 16.8 Å². The topological polar surface area (TPSA) is 31.2 Å². The summed E-state index contributed by atoms with van der Waals surface area (Å²) in [5.74, 6) is 0. The van der Waals surface area contributed by atoms with Crippen molar-refractivity contribution in [3.05, 3.63) is 31.6 Å². The zero-order valence-electron chi connectivity index (χ0n) is 9.59. The van der Waals surface area contributed by atoms with Gasteiger partial charge in [0.05, 0.1) is 16.7 Å². The summed E-state index contributed by atoms with van der Waals surface area (Å²) < 4.78 is 8.63. The molecule has 16 heavy (non-hydrogen) atoms. The van der Waals surface area contributed by atoms with E-state index in [0.29, 0.717) is 17.6 Å². The quantitative estimate of drug-likeness (QED) is 0.836. The highest BCUT2D eigenvalue weighted by molar-refractivity contribution is 9.11. The molecule has 90 valence electrons. The Balaban J connectivity index is 2.71. The minimum Gasteiger partial charge on any atom is -0.374 e. The molecule has 0 bridgehead atoms. The molecular weight excluding hydrogens is 338 g/mol. The molecule has 0 aliphatic rings. The zero-order valence-corrected chi connectivity index (χ0v) is 12.8. The molecule has 3 nitrogen and oxygen atoms in total. The summed E-state index contributed by atoms with van der Waals surface area (Å²) in [5, 5.41) is 0. The number of hydrogen-bond donors (Lipinski definition) is 0. The lowest BCUT2D eigenvalue weighted by molar-refractivity contribution is -0.00716. The zero-order chi connectivity index (χ0) is 12.3. The molecule has 0 amide bonds. The smallest absolute Gasteiger partial charge is 0.264 e. The van der Waals surface area contributed by atoms with Crippen molar-refractivity contribution in [1.82, 2.24) is 4.57 Å². The van der Waals surface area contributed by atoms with Gasteiger partial charge in [0, 0.05) is 17.2 Å². The van der Waals surface area contributed by atoms with Crippen LogP contribution in [-0.2, 0) is 11.3 Å². The van der Waals surface area contributed by atoms with Gasteiger partial charge < -0.3 is 9.30 Å². The SMILES string of the molecule is CC(C)(C)OCCn1cc(Br)cc(Br)c1=O. The summed E-state index contributed by atoms with van der Waals surface area (Å²) in [6, 6.07) is 1.74.